The fraction of sp³-hybridized carbons (Fsp3) is 0.458. The third-order valence-corrected chi connectivity index (χ3v) is 7.42. The minimum atomic E-state index is -3.51. The Morgan fingerprint density at radius 2 is 1.77 bits per heavy atom. The maximum absolute atomic E-state index is 12.7. The molecule has 6 heteroatoms. The van der Waals surface area contributed by atoms with E-state index in [9.17, 15) is 13.2 Å². The summed E-state index contributed by atoms with van der Waals surface area (Å²) in [6.07, 6.45) is 7.05. The number of benzene rings is 2. The van der Waals surface area contributed by atoms with E-state index in [1.165, 1.54) is 31.2 Å². The van der Waals surface area contributed by atoms with Crippen molar-refractivity contribution in [2.75, 3.05) is 16.2 Å². The molecule has 1 saturated carbocycles. The van der Waals surface area contributed by atoms with E-state index in [2.05, 4.69) is 16.9 Å². The number of amides is 1. The molecule has 1 N–H and O–H groups in total. The average molecular weight is 427 g/mol. The zero-order valence-electron chi connectivity index (χ0n) is 17.6. The zero-order valence-corrected chi connectivity index (χ0v) is 18.4. The second-order valence-corrected chi connectivity index (χ2v) is 10.2. The van der Waals surface area contributed by atoms with E-state index < -0.39 is 10.0 Å². The molecule has 0 unspecified atom stereocenters. The highest BCUT2D eigenvalue weighted by atomic mass is 32.2. The molecule has 1 aliphatic carbocycles. The fourth-order valence-electron chi connectivity index (χ4n) is 4.67. The van der Waals surface area contributed by atoms with Crippen LogP contribution in [-0.2, 0) is 27.0 Å². The molecule has 0 atom stereocenters. The minimum absolute atomic E-state index is 0.0462. The van der Waals surface area contributed by atoms with Crippen molar-refractivity contribution < 1.29 is 13.2 Å². The van der Waals surface area contributed by atoms with Crippen molar-refractivity contribution in [3.63, 3.8) is 0 Å². The number of nitrogens with one attached hydrogen (secondary N) is 1. The number of fused-ring (bicyclic) bond motifs is 1. The van der Waals surface area contributed by atoms with Gasteiger partial charge in [-0.2, -0.15) is 0 Å². The standard InChI is InChI=1S/C24H30N2O3S/c1-2-15-26-23-13-12-22(16-21(23)11-14-24(26)27)25-30(28,29)17-18-7-9-20(10-8-18)19-5-3-4-6-19/h7-10,12-13,16,19,25H,2-6,11,14-15,17H2,1H3. The summed E-state index contributed by atoms with van der Waals surface area (Å²) in [6, 6.07) is 13.5. The van der Waals surface area contributed by atoms with Crippen molar-refractivity contribution in [2.45, 2.75) is 63.5 Å². The first-order chi connectivity index (χ1) is 14.4. The Balaban J connectivity index is 1.45. The van der Waals surface area contributed by atoms with Gasteiger partial charge in [0.2, 0.25) is 15.9 Å². The van der Waals surface area contributed by atoms with Crippen LogP contribution < -0.4 is 9.62 Å². The van der Waals surface area contributed by atoms with E-state index in [1.54, 1.807) is 6.07 Å². The number of sulfonamides is 1. The summed E-state index contributed by atoms with van der Waals surface area (Å²) < 4.78 is 28.2. The molecule has 160 valence electrons. The van der Waals surface area contributed by atoms with Crippen LogP contribution >= 0.6 is 0 Å². The summed E-state index contributed by atoms with van der Waals surface area (Å²) in [5.41, 5.74) is 4.59. The second-order valence-electron chi connectivity index (χ2n) is 8.47. The molecular formula is C24H30N2O3S. The molecule has 0 spiro atoms. The Kier molecular flexibility index (Phi) is 6.14. The Morgan fingerprint density at radius 3 is 2.47 bits per heavy atom. The maximum Gasteiger partial charge on any atom is 0.236 e. The van der Waals surface area contributed by atoms with Gasteiger partial charge < -0.3 is 4.90 Å². The number of nitrogens with zero attached hydrogens (tertiary/aromatic N) is 1. The average Bonchev–Trinajstić information content (AvgIpc) is 3.25. The van der Waals surface area contributed by atoms with Gasteiger partial charge in [-0.25, -0.2) is 8.42 Å². The first-order valence-corrected chi connectivity index (χ1v) is 12.6. The first kappa shape index (κ1) is 20.9. The van der Waals surface area contributed by atoms with Crippen LogP contribution in [0.2, 0.25) is 0 Å². The van der Waals surface area contributed by atoms with Crippen LogP contribution in [0.15, 0.2) is 42.5 Å². The van der Waals surface area contributed by atoms with Crippen molar-refractivity contribution in [1.29, 1.82) is 0 Å². The number of rotatable bonds is 7. The van der Waals surface area contributed by atoms with Crippen molar-refractivity contribution in [1.82, 2.24) is 0 Å². The van der Waals surface area contributed by atoms with Gasteiger partial charge in [-0.3, -0.25) is 9.52 Å². The molecule has 0 saturated heterocycles. The monoisotopic (exact) mass is 426 g/mol. The van der Waals surface area contributed by atoms with Crippen molar-refractivity contribution in [3.8, 4) is 0 Å². The highest BCUT2D eigenvalue weighted by molar-refractivity contribution is 7.91. The molecule has 1 fully saturated rings. The molecule has 2 aromatic rings. The van der Waals surface area contributed by atoms with Gasteiger partial charge in [0.1, 0.15) is 0 Å². The summed E-state index contributed by atoms with van der Waals surface area (Å²) in [5, 5.41) is 0. The van der Waals surface area contributed by atoms with Gasteiger partial charge in [0.05, 0.1) is 5.75 Å². The molecule has 1 heterocycles. The zero-order chi connectivity index (χ0) is 21.1. The number of hydrogen-bond donors (Lipinski definition) is 1. The Labute approximate surface area is 179 Å². The summed E-state index contributed by atoms with van der Waals surface area (Å²) in [6.45, 7) is 2.73. The normalized spacial score (nSPS) is 17.2. The molecule has 5 nitrogen and oxygen atoms in total. The third kappa shape index (κ3) is 4.69. The van der Waals surface area contributed by atoms with Gasteiger partial charge in [-0.1, -0.05) is 44.0 Å². The lowest BCUT2D eigenvalue weighted by Crippen LogP contribution is -2.35. The third-order valence-electron chi connectivity index (χ3n) is 6.16. The van der Waals surface area contributed by atoms with Crippen molar-refractivity contribution in [2.24, 2.45) is 0 Å². The predicted octanol–water partition coefficient (Wildman–Crippen LogP) is 4.98. The SMILES string of the molecule is CCCN1C(=O)CCc2cc(NS(=O)(=O)Cc3ccc(C4CCCC4)cc3)ccc21. The van der Waals surface area contributed by atoms with E-state index >= 15 is 0 Å². The lowest BCUT2D eigenvalue weighted by atomic mass is 9.97. The van der Waals surface area contributed by atoms with Crippen LogP contribution in [0.4, 0.5) is 11.4 Å². The Morgan fingerprint density at radius 1 is 1.03 bits per heavy atom. The molecule has 1 aliphatic heterocycles. The number of anilines is 2. The second kappa shape index (κ2) is 8.80. The van der Waals surface area contributed by atoms with Crippen LogP contribution in [0.5, 0.6) is 0 Å². The molecular weight excluding hydrogens is 396 g/mol. The highest BCUT2D eigenvalue weighted by Crippen LogP contribution is 2.34. The largest absolute Gasteiger partial charge is 0.312 e. The lowest BCUT2D eigenvalue weighted by molar-refractivity contribution is -0.118. The topological polar surface area (TPSA) is 66.5 Å². The summed E-state index contributed by atoms with van der Waals surface area (Å²) in [7, 11) is -3.51. The van der Waals surface area contributed by atoms with Gasteiger partial charge in [-0.15, -0.1) is 0 Å². The van der Waals surface area contributed by atoms with Crippen LogP contribution in [-0.4, -0.2) is 20.9 Å². The van der Waals surface area contributed by atoms with Gasteiger partial charge in [0.25, 0.3) is 0 Å². The minimum Gasteiger partial charge on any atom is -0.312 e. The van der Waals surface area contributed by atoms with E-state index in [4.69, 9.17) is 0 Å². The lowest BCUT2D eigenvalue weighted by Gasteiger charge is -2.29. The smallest absolute Gasteiger partial charge is 0.236 e. The van der Waals surface area contributed by atoms with Gasteiger partial charge >= 0.3 is 0 Å². The molecule has 0 bridgehead atoms. The quantitative estimate of drug-likeness (QED) is 0.679. The summed E-state index contributed by atoms with van der Waals surface area (Å²) in [4.78, 5) is 14.0. The molecule has 0 aromatic heterocycles. The molecule has 0 radical (unpaired) electrons. The van der Waals surface area contributed by atoms with E-state index in [-0.39, 0.29) is 11.7 Å². The Hall–Kier alpha value is -2.34. The Bertz CT molecular complexity index is 1010. The van der Waals surface area contributed by atoms with Gasteiger partial charge in [0, 0.05) is 24.3 Å². The number of hydrogen-bond acceptors (Lipinski definition) is 3. The molecule has 30 heavy (non-hydrogen) atoms. The number of carbonyl (C=O) groups is 1. The van der Waals surface area contributed by atoms with Crippen LogP contribution in [0.25, 0.3) is 0 Å². The molecule has 4 rings (SSSR count). The molecule has 1 amide bonds. The van der Waals surface area contributed by atoms with Gasteiger partial charge in [-0.05, 0) is 66.5 Å². The maximum atomic E-state index is 12.7. The number of aryl methyl sites for hydroxylation is 1. The van der Waals surface area contributed by atoms with Gasteiger partial charge in [0.15, 0.2) is 0 Å². The fourth-order valence-corrected chi connectivity index (χ4v) is 5.86. The number of carbonyl (C=O) groups excluding carboxylic acids is 1. The summed E-state index contributed by atoms with van der Waals surface area (Å²) in [5.74, 6) is 0.720. The van der Waals surface area contributed by atoms with Crippen LogP contribution in [0, 0.1) is 0 Å². The molecule has 2 aliphatic rings. The first-order valence-electron chi connectivity index (χ1n) is 11.0. The molecule has 2 aromatic carbocycles. The summed E-state index contributed by atoms with van der Waals surface area (Å²) >= 11 is 0. The predicted molar refractivity (Wildman–Crippen MR) is 121 cm³/mol. The van der Waals surface area contributed by atoms with E-state index in [0.717, 1.165) is 23.2 Å². The van der Waals surface area contributed by atoms with E-state index in [1.807, 2.05) is 36.1 Å². The highest BCUT2D eigenvalue weighted by Gasteiger charge is 2.24. The van der Waals surface area contributed by atoms with E-state index in [0.29, 0.717) is 31.0 Å². The van der Waals surface area contributed by atoms with Crippen molar-refractivity contribution in [3.05, 3.63) is 59.2 Å². The van der Waals surface area contributed by atoms with Crippen LogP contribution in [0.3, 0.4) is 0 Å². The van der Waals surface area contributed by atoms with Crippen molar-refractivity contribution >= 4 is 27.3 Å². The van der Waals surface area contributed by atoms with Crippen LogP contribution in [0.1, 0.15) is 68.1 Å².